The van der Waals surface area contributed by atoms with Crippen LogP contribution in [-0.2, 0) is 0 Å². The number of nitrogens with zero attached hydrogens (tertiary/aromatic N) is 1. The Hall–Kier alpha value is -2.53. The molecule has 0 saturated heterocycles. The number of thioether (sulfide) groups is 1. The van der Waals surface area contributed by atoms with Crippen LogP contribution in [0.4, 0.5) is 0 Å². The molecule has 0 atom stereocenters. The predicted molar refractivity (Wildman–Crippen MR) is 91.5 cm³/mol. The van der Waals surface area contributed by atoms with E-state index < -0.39 is 0 Å². The molecular weight excluding hydrogens is 310 g/mol. The van der Waals surface area contributed by atoms with Crippen LogP contribution in [0, 0.1) is 0 Å². The van der Waals surface area contributed by atoms with Crippen molar-refractivity contribution < 1.29 is 14.6 Å². The van der Waals surface area contributed by atoms with E-state index in [4.69, 9.17) is 4.74 Å². The highest BCUT2D eigenvalue weighted by Gasteiger charge is 2.14. The molecule has 0 aliphatic heterocycles. The number of phenolic OH excluding ortho intramolecular Hbond substituents is 1. The number of para-hydroxylation sites is 1. The predicted octanol–water partition coefficient (Wildman–Crippen LogP) is 3.92. The van der Waals surface area contributed by atoms with Gasteiger partial charge in [-0.15, -0.1) is 11.8 Å². The number of ketones is 1. The third kappa shape index (κ3) is 3.29. The molecule has 0 unspecified atom stereocenters. The molecule has 3 aromatic rings. The van der Waals surface area contributed by atoms with Crippen molar-refractivity contribution in [2.45, 2.75) is 4.90 Å². The van der Waals surface area contributed by atoms with E-state index in [0.717, 1.165) is 15.8 Å². The molecule has 1 N–H and O–H groups in total. The molecule has 5 heteroatoms. The van der Waals surface area contributed by atoms with Crippen molar-refractivity contribution in [3.63, 3.8) is 0 Å². The van der Waals surface area contributed by atoms with Gasteiger partial charge in [0.1, 0.15) is 11.5 Å². The number of hydrogen-bond donors (Lipinski definition) is 1. The topological polar surface area (TPSA) is 59.4 Å². The fourth-order valence-corrected chi connectivity index (χ4v) is 3.25. The van der Waals surface area contributed by atoms with E-state index in [2.05, 4.69) is 4.98 Å². The molecule has 1 heterocycles. The first-order valence-electron chi connectivity index (χ1n) is 7.06. The van der Waals surface area contributed by atoms with Gasteiger partial charge in [-0.3, -0.25) is 9.78 Å². The number of aromatic hydroxyl groups is 1. The molecule has 0 spiro atoms. The van der Waals surface area contributed by atoms with Crippen molar-refractivity contribution in [2.24, 2.45) is 0 Å². The summed E-state index contributed by atoms with van der Waals surface area (Å²) >= 11 is 1.47. The smallest absolute Gasteiger partial charge is 0.176 e. The Labute approximate surface area is 138 Å². The fourth-order valence-electron chi connectivity index (χ4n) is 2.33. The van der Waals surface area contributed by atoms with E-state index in [1.54, 1.807) is 12.3 Å². The van der Waals surface area contributed by atoms with Crippen molar-refractivity contribution in [2.75, 3.05) is 12.9 Å². The number of fused-ring (bicyclic) bond motifs is 1. The van der Waals surface area contributed by atoms with Crippen LogP contribution in [0.25, 0.3) is 10.9 Å². The summed E-state index contributed by atoms with van der Waals surface area (Å²) in [6.45, 7) is 0. The second-order valence-corrected chi connectivity index (χ2v) is 5.94. The van der Waals surface area contributed by atoms with Gasteiger partial charge in [-0.05, 0) is 24.3 Å². The Kier molecular flexibility index (Phi) is 4.48. The van der Waals surface area contributed by atoms with E-state index in [1.807, 2.05) is 30.3 Å². The first-order chi connectivity index (χ1) is 11.2. The SMILES string of the molecule is COc1cc(O)ccc1C(=O)CSc1ccnc2ccccc12. The minimum atomic E-state index is -0.0484. The number of rotatable bonds is 5. The number of carbonyl (C=O) groups excluding carboxylic acids is 1. The zero-order valence-corrected chi connectivity index (χ0v) is 13.3. The summed E-state index contributed by atoms with van der Waals surface area (Å²) in [5.41, 5.74) is 1.38. The Morgan fingerprint density at radius 3 is 2.87 bits per heavy atom. The normalized spacial score (nSPS) is 10.7. The zero-order chi connectivity index (χ0) is 16.2. The lowest BCUT2D eigenvalue weighted by Crippen LogP contribution is -2.05. The van der Waals surface area contributed by atoms with Crippen LogP contribution in [0.1, 0.15) is 10.4 Å². The van der Waals surface area contributed by atoms with E-state index in [-0.39, 0.29) is 17.3 Å². The average molecular weight is 325 g/mol. The maximum atomic E-state index is 12.4. The summed E-state index contributed by atoms with van der Waals surface area (Å²) < 4.78 is 5.17. The van der Waals surface area contributed by atoms with Gasteiger partial charge in [0.15, 0.2) is 5.78 Å². The highest BCUT2D eigenvalue weighted by atomic mass is 32.2. The minimum absolute atomic E-state index is 0.0484. The largest absolute Gasteiger partial charge is 0.508 e. The first-order valence-corrected chi connectivity index (χ1v) is 8.04. The third-order valence-corrected chi connectivity index (χ3v) is 4.53. The molecule has 0 fully saturated rings. The molecule has 3 rings (SSSR count). The summed E-state index contributed by atoms with van der Waals surface area (Å²) in [5, 5.41) is 10.5. The lowest BCUT2D eigenvalue weighted by Gasteiger charge is -2.09. The maximum absolute atomic E-state index is 12.4. The van der Waals surface area contributed by atoms with Crippen molar-refractivity contribution in [3.8, 4) is 11.5 Å². The van der Waals surface area contributed by atoms with Crippen LogP contribution in [0.5, 0.6) is 11.5 Å². The standard InChI is InChI=1S/C18H15NO3S/c1-22-17-10-12(20)6-7-14(17)16(21)11-23-18-8-9-19-15-5-3-2-4-13(15)18/h2-10,20H,11H2,1H3. The van der Waals surface area contributed by atoms with Gasteiger partial charge in [-0.2, -0.15) is 0 Å². The number of hydrogen-bond acceptors (Lipinski definition) is 5. The van der Waals surface area contributed by atoms with Crippen LogP contribution in [0.15, 0.2) is 59.6 Å². The summed E-state index contributed by atoms with van der Waals surface area (Å²) in [7, 11) is 1.48. The van der Waals surface area contributed by atoms with Gasteiger partial charge in [0.2, 0.25) is 0 Å². The summed E-state index contributed by atoms with van der Waals surface area (Å²) in [5.74, 6) is 0.698. The lowest BCUT2D eigenvalue weighted by molar-refractivity contribution is 0.101. The molecule has 0 radical (unpaired) electrons. The monoisotopic (exact) mass is 325 g/mol. The molecule has 4 nitrogen and oxygen atoms in total. The highest BCUT2D eigenvalue weighted by molar-refractivity contribution is 8.00. The summed E-state index contributed by atoms with van der Waals surface area (Å²) in [6.07, 6.45) is 1.75. The van der Waals surface area contributed by atoms with E-state index in [0.29, 0.717) is 11.3 Å². The number of carbonyl (C=O) groups is 1. The number of aromatic nitrogens is 1. The van der Waals surface area contributed by atoms with Crippen LogP contribution in [0.2, 0.25) is 0 Å². The van der Waals surface area contributed by atoms with Gasteiger partial charge in [-0.25, -0.2) is 0 Å². The van der Waals surface area contributed by atoms with Crippen molar-refractivity contribution in [1.29, 1.82) is 0 Å². The second-order valence-electron chi connectivity index (χ2n) is 4.92. The van der Waals surface area contributed by atoms with Crippen molar-refractivity contribution >= 4 is 28.4 Å². The van der Waals surface area contributed by atoms with E-state index in [9.17, 15) is 9.90 Å². The van der Waals surface area contributed by atoms with Crippen molar-refractivity contribution in [1.82, 2.24) is 4.98 Å². The second kappa shape index (κ2) is 6.71. The molecule has 1 aromatic heterocycles. The molecule has 116 valence electrons. The van der Waals surface area contributed by atoms with Gasteiger partial charge in [0.05, 0.1) is 23.9 Å². The van der Waals surface area contributed by atoms with Crippen LogP contribution in [0.3, 0.4) is 0 Å². The Bertz CT molecular complexity index is 859. The molecule has 0 bridgehead atoms. The third-order valence-electron chi connectivity index (χ3n) is 3.45. The number of benzene rings is 2. The first kappa shape index (κ1) is 15.4. The molecule has 0 saturated carbocycles. The number of methoxy groups -OCH3 is 1. The van der Waals surface area contributed by atoms with Gasteiger partial charge < -0.3 is 9.84 Å². The zero-order valence-electron chi connectivity index (χ0n) is 12.5. The molecule has 0 aliphatic carbocycles. The molecule has 23 heavy (non-hydrogen) atoms. The Morgan fingerprint density at radius 1 is 1.22 bits per heavy atom. The number of phenols is 1. The average Bonchev–Trinajstić information content (AvgIpc) is 2.59. The quantitative estimate of drug-likeness (QED) is 0.569. The Balaban J connectivity index is 1.81. The van der Waals surface area contributed by atoms with E-state index in [1.165, 1.54) is 31.0 Å². The number of ether oxygens (including phenoxy) is 1. The summed E-state index contributed by atoms with van der Waals surface area (Å²) in [4.78, 5) is 17.8. The Morgan fingerprint density at radius 2 is 2.04 bits per heavy atom. The molecule has 0 aliphatic rings. The van der Waals surface area contributed by atoms with Crippen LogP contribution >= 0.6 is 11.8 Å². The van der Waals surface area contributed by atoms with Crippen LogP contribution in [-0.4, -0.2) is 28.7 Å². The van der Waals surface area contributed by atoms with Gasteiger partial charge >= 0.3 is 0 Å². The van der Waals surface area contributed by atoms with Crippen molar-refractivity contribution in [3.05, 3.63) is 60.3 Å². The summed E-state index contributed by atoms with van der Waals surface area (Å²) in [6, 6.07) is 14.3. The van der Waals surface area contributed by atoms with Gasteiger partial charge in [-0.1, -0.05) is 18.2 Å². The van der Waals surface area contributed by atoms with Gasteiger partial charge in [0, 0.05) is 22.5 Å². The number of Topliss-reactive ketones (excluding diaryl/α,β-unsaturated/α-hetero) is 1. The molecule has 0 amide bonds. The lowest BCUT2D eigenvalue weighted by atomic mass is 10.1. The van der Waals surface area contributed by atoms with Gasteiger partial charge in [0.25, 0.3) is 0 Å². The highest BCUT2D eigenvalue weighted by Crippen LogP contribution is 2.29. The maximum Gasteiger partial charge on any atom is 0.176 e. The van der Waals surface area contributed by atoms with E-state index >= 15 is 0 Å². The minimum Gasteiger partial charge on any atom is -0.508 e. The van der Waals surface area contributed by atoms with Crippen LogP contribution < -0.4 is 4.74 Å². The molecule has 2 aromatic carbocycles. The molecular formula is C18H15NO3S. The number of pyridine rings is 1. The fraction of sp³-hybridized carbons (Fsp3) is 0.111.